The van der Waals surface area contributed by atoms with Gasteiger partial charge in [0, 0.05) is 6.20 Å². The molecule has 3 nitrogen and oxygen atoms in total. The Hall–Kier alpha value is -0.800. The second-order valence-corrected chi connectivity index (χ2v) is 3.59. The van der Waals surface area contributed by atoms with Crippen molar-refractivity contribution in [2.24, 2.45) is 0 Å². The lowest BCUT2D eigenvalue weighted by molar-refractivity contribution is 0.0211. The van der Waals surface area contributed by atoms with Gasteiger partial charge in [-0.05, 0) is 18.6 Å². The number of rotatable bonds is 2. The van der Waals surface area contributed by atoms with E-state index >= 15 is 0 Å². The van der Waals surface area contributed by atoms with Crippen molar-refractivity contribution in [3.05, 3.63) is 23.0 Å². The number of anilines is 1. The number of hydrogen-bond acceptors (Lipinski definition) is 3. The maximum Gasteiger partial charge on any atom is 0.152 e. The number of nitrogens with zero attached hydrogens (tertiary/aromatic N) is 1. The first-order chi connectivity index (χ1) is 6.25. The van der Waals surface area contributed by atoms with E-state index < -0.39 is 0 Å². The van der Waals surface area contributed by atoms with Crippen molar-refractivity contribution in [3.63, 3.8) is 0 Å². The summed E-state index contributed by atoms with van der Waals surface area (Å²) in [5, 5.41) is 3.79. The summed E-state index contributed by atoms with van der Waals surface area (Å²) >= 11 is 5.91. The zero-order valence-corrected chi connectivity index (χ0v) is 8.14. The quantitative estimate of drug-likeness (QED) is 0.737. The third-order valence-electron chi connectivity index (χ3n) is 1.97. The van der Waals surface area contributed by atoms with Crippen molar-refractivity contribution in [3.8, 4) is 0 Å². The Balaban J connectivity index is 2.13. The number of hydrogen-bond donors (Lipinski definition) is 1. The summed E-state index contributed by atoms with van der Waals surface area (Å²) in [4.78, 5) is 4.05. The molecule has 70 valence electrons. The van der Waals surface area contributed by atoms with Crippen LogP contribution in [0.15, 0.2) is 12.3 Å². The van der Waals surface area contributed by atoms with Crippen LogP contribution >= 0.6 is 11.6 Å². The summed E-state index contributed by atoms with van der Waals surface area (Å²) in [5.41, 5.74) is 2.00. The first-order valence-corrected chi connectivity index (χ1v) is 4.60. The molecule has 1 aromatic heterocycles. The smallest absolute Gasteiger partial charge is 0.152 e. The monoisotopic (exact) mass is 198 g/mol. The molecule has 1 N–H and O–H groups in total. The van der Waals surface area contributed by atoms with Crippen molar-refractivity contribution in [2.45, 2.75) is 13.0 Å². The van der Waals surface area contributed by atoms with E-state index in [2.05, 4.69) is 10.3 Å². The molecule has 4 heteroatoms. The summed E-state index contributed by atoms with van der Waals surface area (Å²) in [5.74, 6) is 0. The lowest BCUT2D eigenvalue weighted by Crippen LogP contribution is -2.40. The molecule has 1 aliphatic heterocycles. The molecule has 1 saturated heterocycles. The summed E-state index contributed by atoms with van der Waals surface area (Å²) in [6, 6.07) is 2.38. The van der Waals surface area contributed by atoms with E-state index in [9.17, 15) is 0 Å². The van der Waals surface area contributed by atoms with E-state index in [4.69, 9.17) is 16.3 Å². The van der Waals surface area contributed by atoms with Crippen LogP contribution in [-0.4, -0.2) is 24.2 Å². The fourth-order valence-corrected chi connectivity index (χ4v) is 1.35. The molecule has 1 aromatic rings. The minimum Gasteiger partial charge on any atom is -0.377 e. The number of aromatic nitrogens is 1. The highest BCUT2D eigenvalue weighted by Crippen LogP contribution is 2.21. The Labute approximate surface area is 82.1 Å². The van der Waals surface area contributed by atoms with Crippen LogP contribution in [0.3, 0.4) is 0 Å². The van der Waals surface area contributed by atoms with Gasteiger partial charge in [0.15, 0.2) is 5.15 Å². The van der Waals surface area contributed by atoms with Gasteiger partial charge in [0.05, 0.1) is 24.9 Å². The average molecular weight is 199 g/mol. The summed E-state index contributed by atoms with van der Waals surface area (Å²) in [6.07, 6.45) is 1.75. The zero-order chi connectivity index (χ0) is 9.26. The van der Waals surface area contributed by atoms with E-state index in [0.29, 0.717) is 11.2 Å². The Bertz CT molecular complexity index is 312. The molecule has 0 spiro atoms. The molecule has 0 aliphatic carbocycles. The van der Waals surface area contributed by atoms with Gasteiger partial charge in [0.1, 0.15) is 0 Å². The van der Waals surface area contributed by atoms with Crippen LogP contribution in [0.2, 0.25) is 5.15 Å². The average Bonchev–Trinajstić information content (AvgIpc) is 2.03. The molecule has 0 bridgehead atoms. The molecule has 13 heavy (non-hydrogen) atoms. The standard InChI is InChI=1S/C9H11ClN2O/c1-6-2-8(9(10)11-3-6)12-7-4-13-5-7/h2-3,7,12H,4-5H2,1H3. The molecular weight excluding hydrogens is 188 g/mol. The second kappa shape index (κ2) is 3.52. The van der Waals surface area contributed by atoms with Gasteiger partial charge in [0.25, 0.3) is 0 Å². The molecule has 0 aromatic carbocycles. The van der Waals surface area contributed by atoms with Gasteiger partial charge in [-0.2, -0.15) is 0 Å². The topological polar surface area (TPSA) is 34.2 Å². The van der Waals surface area contributed by atoms with Gasteiger partial charge >= 0.3 is 0 Å². The van der Waals surface area contributed by atoms with Crippen LogP contribution in [0.5, 0.6) is 0 Å². The molecule has 0 unspecified atom stereocenters. The van der Waals surface area contributed by atoms with E-state index in [1.54, 1.807) is 6.20 Å². The molecule has 0 amide bonds. The van der Waals surface area contributed by atoms with E-state index in [1.165, 1.54) is 0 Å². The fraction of sp³-hybridized carbons (Fsp3) is 0.444. The zero-order valence-electron chi connectivity index (χ0n) is 7.38. The van der Waals surface area contributed by atoms with Gasteiger partial charge in [-0.15, -0.1) is 0 Å². The van der Waals surface area contributed by atoms with Gasteiger partial charge < -0.3 is 10.1 Å². The molecule has 0 saturated carbocycles. The van der Waals surface area contributed by atoms with Crippen molar-refractivity contribution < 1.29 is 4.74 Å². The largest absolute Gasteiger partial charge is 0.377 e. The molecule has 1 aliphatic rings. The minimum atomic E-state index is 0.390. The van der Waals surface area contributed by atoms with E-state index in [0.717, 1.165) is 24.5 Å². The van der Waals surface area contributed by atoms with Crippen molar-refractivity contribution in [2.75, 3.05) is 18.5 Å². The number of ether oxygens (including phenoxy) is 1. The highest BCUT2D eigenvalue weighted by molar-refractivity contribution is 6.31. The predicted octanol–water partition coefficient (Wildman–Crippen LogP) is 1.85. The van der Waals surface area contributed by atoms with Crippen LogP contribution in [0, 0.1) is 6.92 Å². The van der Waals surface area contributed by atoms with Crippen LogP contribution in [0.25, 0.3) is 0 Å². The Morgan fingerprint density at radius 1 is 1.62 bits per heavy atom. The molecule has 0 atom stereocenters. The minimum absolute atomic E-state index is 0.390. The third-order valence-corrected chi connectivity index (χ3v) is 2.27. The van der Waals surface area contributed by atoms with Crippen LogP contribution in [0.1, 0.15) is 5.56 Å². The Morgan fingerprint density at radius 3 is 3.00 bits per heavy atom. The highest BCUT2D eigenvalue weighted by atomic mass is 35.5. The first kappa shape index (κ1) is 8.78. The van der Waals surface area contributed by atoms with Crippen LogP contribution in [-0.2, 0) is 4.74 Å². The van der Waals surface area contributed by atoms with Crippen molar-refractivity contribution in [1.82, 2.24) is 4.98 Å². The van der Waals surface area contributed by atoms with Crippen molar-refractivity contribution >= 4 is 17.3 Å². The molecule has 0 radical (unpaired) electrons. The lowest BCUT2D eigenvalue weighted by atomic mass is 10.2. The normalized spacial score (nSPS) is 16.8. The molecular formula is C9H11ClN2O. The van der Waals surface area contributed by atoms with Gasteiger partial charge in [0.2, 0.25) is 0 Å². The lowest BCUT2D eigenvalue weighted by Gasteiger charge is -2.28. The Morgan fingerprint density at radius 2 is 2.38 bits per heavy atom. The van der Waals surface area contributed by atoms with E-state index in [-0.39, 0.29) is 0 Å². The SMILES string of the molecule is Cc1cnc(Cl)c(NC2COC2)c1. The molecule has 2 rings (SSSR count). The maximum absolute atomic E-state index is 5.91. The highest BCUT2D eigenvalue weighted by Gasteiger charge is 2.18. The van der Waals surface area contributed by atoms with Gasteiger partial charge in [-0.25, -0.2) is 4.98 Å². The molecule has 2 heterocycles. The molecule has 1 fully saturated rings. The summed E-state index contributed by atoms with van der Waals surface area (Å²) in [7, 11) is 0. The van der Waals surface area contributed by atoms with Crippen molar-refractivity contribution in [1.29, 1.82) is 0 Å². The summed E-state index contributed by atoms with van der Waals surface area (Å²) in [6.45, 7) is 3.50. The van der Waals surface area contributed by atoms with Crippen LogP contribution in [0.4, 0.5) is 5.69 Å². The number of nitrogens with one attached hydrogen (secondary N) is 1. The fourth-order valence-electron chi connectivity index (χ4n) is 1.19. The summed E-state index contributed by atoms with van der Waals surface area (Å²) < 4.78 is 5.05. The van der Waals surface area contributed by atoms with Gasteiger partial charge in [-0.3, -0.25) is 0 Å². The first-order valence-electron chi connectivity index (χ1n) is 4.22. The van der Waals surface area contributed by atoms with Gasteiger partial charge in [-0.1, -0.05) is 11.6 Å². The maximum atomic E-state index is 5.91. The number of pyridine rings is 1. The number of aryl methyl sites for hydroxylation is 1. The van der Waals surface area contributed by atoms with Crippen LogP contribution < -0.4 is 5.32 Å². The second-order valence-electron chi connectivity index (χ2n) is 3.23. The Kier molecular flexibility index (Phi) is 2.38. The predicted molar refractivity (Wildman–Crippen MR) is 52.2 cm³/mol. The van der Waals surface area contributed by atoms with E-state index in [1.807, 2.05) is 13.0 Å². The third kappa shape index (κ3) is 1.92. The number of halogens is 1.